The molecule has 1 aromatic carbocycles. The van der Waals surface area contributed by atoms with Gasteiger partial charge < -0.3 is 5.32 Å². The van der Waals surface area contributed by atoms with Crippen LogP contribution in [0.3, 0.4) is 0 Å². The summed E-state index contributed by atoms with van der Waals surface area (Å²) in [6.07, 6.45) is 2.16. The van der Waals surface area contributed by atoms with Gasteiger partial charge in [-0.25, -0.2) is 0 Å². The first-order chi connectivity index (χ1) is 9.95. The van der Waals surface area contributed by atoms with Crippen LogP contribution in [0.2, 0.25) is 0 Å². The minimum Gasteiger partial charge on any atom is -0.312 e. The molecule has 21 heavy (non-hydrogen) atoms. The second-order valence-corrected chi connectivity index (χ2v) is 6.38. The Morgan fingerprint density at radius 1 is 1.14 bits per heavy atom. The molecule has 0 atom stereocenters. The molecule has 1 N–H and O–H groups in total. The first-order valence-electron chi connectivity index (χ1n) is 7.75. The van der Waals surface area contributed by atoms with Crippen molar-refractivity contribution in [3.05, 3.63) is 52.3 Å². The molecule has 1 aromatic heterocycles. The van der Waals surface area contributed by atoms with E-state index in [2.05, 4.69) is 69.4 Å². The normalized spacial score (nSPS) is 11.3. The van der Waals surface area contributed by atoms with E-state index >= 15 is 0 Å². The van der Waals surface area contributed by atoms with Gasteiger partial charge >= 0.3 is 0 Å². The van der Waals surface area contributed by atoms with E-state index in [1.807, 2.05) is 4.68 Å². The lowest BCUT2D eigenvalue weighted by Gasteiger charge is -2.06. The van der Waals surface area contributed by atoms with E-state index in [0.717, 1.165) is 25.3 Å². The van der Waals surface area contributed by atoms with E-state index in [-0.39, 0.29) is 0 Å². The molecule has 0 amide bonds. The summed E-state index contributed by atoms with van der Waals surface area (Å²) in [6, 6.07) is 6.63. The highest BCUT2D eigenvalue weighted by molar-refractivity contribution is 5.30. The van der Waals surface area contributed by atoms with E-state index in [0.29, 0.717) is 5.92 Å². The number of nitrogens with zero attached hydrogens (tertiary/aromatic N) is 2. The molecule has 0 unspecified atom stereocenters. The largest absolute Gasteiger partial charge is 0.312 e. The van der Waals surface area contributed by atoms with Crippen molar-refractivity contribution in [2.45, 2.75) is 47.7 Å². The molecule has 0 radical (unpaired) electrons. The number of hydrogen-bond donors (Lipinski definition) is 1. The second kappa shape index (κ2) is 6.90. The summed E-state index contributed by atoms with van der Waals surface area (Å²) in [7, 11) is 0. The molecule has 0 aliphatic carbocycles. The van der Waals surface area contributed by atoms with Gasteiger partial charge in [-0.3, -0.25) is 4.68 Å². The molecular formula is C18H27N3. The summed E-state index contributed by atoms with van der Waals surface area (Å²) < 4.78 is 2.05. The quantitative estimate of drug-likeness (QED) is 0.879. The molecule has 0 saturated heterocycles. The Bertz CT molecular complexity index is 597. The maximum absolute atomic E-state index is 4.63. The molecular weight excluding hydrogens is 258 g/mol. The Labute approximate surface area is 128 Å². The van der Waals surface area contributed by atoms with Crippen LogP contribution in [-0.2, 0) is 13.1 Å². The Morgan fingerprint density at radius 2 is 1.90 bits per heavy atom. The number of rotatable bonds is 6. The molecule has 3 nitrogen and oxygen atoms in total. The highest BCUT2D eigenvalue weighted by Gasteiger charge is 2.06. The van der Waals surface area contributed by atoms with Crippen molar-refractivity contribution in [1.82, 2.24) is 15.1 Å². The first-order valence-corrected chi connectivity index (χ1v) is 7.75. The summed E-state index contributed by atoms with van der Waals surface area (Å²) >= 11 is 0. The van der Waals surface area contributed by atoms with Crippen molar-refractivity contribution in [3.63, 3.8) is 0 Å². The van der Waals surface area contributed by atoms with Gasteiger partial charge in [-0.2, -0.15) is 5.10 Å². The van der Waals surface area contributed by atoms with Crippen LogP contribution in [0.1, 0.15) is 41.8 Å². The zero-order chi connectivity index (χ0) is 15.4. The lowest BCUT2D eigenvalue weighted by atomic mass is 10.1. The predicted octanol–water partition coefficient (Wildman–Crippen LogP) is 3.60. The highest BCUT2D eigenvalue weighted by Crippen LogP contribution is 2.12. The van der Waals surface area contributed by atoms with E-state index in [9.17, 15) is 0 Å². The zero-order valence-corrected chi connectivity index (χ0v) is 13.9. The van der Waals surface area contributed by atoms with Crippen LogP contribution in [0.5, 0.6) is 0 Å². The number of aryl methyl sites for hydroxylation is 3. The Hall–Kier alpha value is -1.61. The zero-order valence-electron chi connectivity index (χ0n) is 13.9. The number of nitrogens with one attached hydrogen (secondary N) is 1. The molecule has 3 heteroatoms. The standard InChI is InChI=1S/C18H27N3/c1-13(2)9-19-10-18-12-21(20-16(18)5)11-17-7-6-14(3)15(4)8-17/h6-8,12-13,19H,9-11H2,1-5H3. The Balaban J connectivity index is 2.02. The molecule has 0 fully saturated rings. The molecule has 0 spiro atoms. The van der Waals surface area contributed by atoms with Crippen molar-refractivity contribution >= 4 is 0 Å². The molecule has 114 valence electrons. The van der Waals surface area contributed by atoms with Gasteiger partial charge in [0, 0.05) is 18.3 Å². The van der Waals surface area contributed by atoms with Crippen LogP contribution in [0.15, 0.2) is 24.4 Å². The smallest absolute Gasteiger partial charge is 0.0659 e. The van der Waals surface area contributed by atoms with Gasteiger partial charge in [0.2, 0.25) is 0 Å². The lowest BCUT2D eigenvalue weighted by molar-refractivity contribution is 0.551. The van der Waals surface area contributed by atoms with Crippen molar-refractivity contribution in [2.24, 2.45) is 5.92 Å². The second-order valence-electron chi connectivity index (χ2n) is 6.38. The third-order valence-electron chi connectivity index (χ3n) is 3.83. The first kappa shape index (κ1) is 15.8. The summed E-state index contributed by atoms with van der Waals surface area (Å²) in [6.45, 7) is 13.6. The average molecular weight is 285 g/mol. The number of benzene rings is 1. The van der Waals surface area contributed by atoms with Crippen molar-refractivity contribution in [2.75, 3.05) is 6.54 Å². The fourth-order valence-corrected chi connectivity index (χ4v) is 2.40. The minimum absolute atomic E-state index is 0.677. The minimum atomic E-state index is 0.677. The van der Waals surface area contributed by atoms with Crippen LogP contribution in [0, 0.1) is 26.7 Å². The summed E-state index contributed by atoms with van der Waals surface area (Å²) in [5.41, 5.74) is 6.40. The molecule has 1 heterocycles. The van der Waals surface area contributed by atoms with Crippen LogP contribution >= 0.6 is 0 Å². The third kappa shape index (κ3) is 4.43. The molecule has 2 rings (SSSR count). The van der Waals surface area contributed by atoms with Crippen LogP contribution in [-0.4, -0.2) is 16.3 Å². The molecule has 2 aromatic rings. The van der Waals surface area contributed by atoms with Gasteiger partial charge in [-0.15, -0.1) is 0 Å². The monoisotopic (exact) mass is 285 g/mol. The third-order valence-corrected chi connectivity index (χ3v) is 3.83. The Morgan fingerprint density at radius 3 is 2.57 bits per heavy atom. The fourth-order valence-electron chi connectivity index (χ4n) is 2.40. The molecule has 0 aliphatic rings. The van der Waals surface area contributed by atoms with E-state index < -0.39 is 0 Å². The number of hydrogen-bond acceptors (Lipinski definition) is 2. The van der Waals surface area contributed by atoms with Crippen LogP contribution < -0.4 is 5.32 Å². The molecule has 0 aliphatic heterocycles. The summed E-state index contributed by atoms with van der Waals surface area (Å²) in [4.78, 5) is 0. The average Bonchev–Trinajstić information content (AvgIpc) is 2.74. The van der Waals surface area contributed by atoms with Gasteiger partial charge in [-0.1, -0.05) is 32.0 Å². The maximum Gasteiger partial charge on any atom is 0.0659 e. The van der Waals surface area contributed by atoms with Crippen LogP contribution in [0.4, 0.5) is 0 Å². The highest BCUT2D eigenvalue weighted by atomic mass is 15.3. The van der Waals surface area contributed by atoms with Gasteiger partial charge in [-0.05, 0) is 49.9 Å². The molecule has 0 saturated carbocycles. The van der Waals surface area contributed by atoms with Gasteiger partial charge in [0.1, 0.15) is 0 Å². The van der Waals surface area contributed by atoms with E-state index in [1.54, 1.807) is 0 Å². The topological polar surface area (TPSA) is 29.9 Å². The number of aromatic nitrogens is 2. The maximum atomic E-state index is 4.63. The van der Waals surface area contributed by atoms with Gasteiger partial charge in [0.15, 0.2) is 0 Å². The van der Waals surface area contributed by atoms with Crippen molar-refractivity contribution < 1.29 is 0 Å². The predicted molar refractivity (Wildman–Crippen MR) is 88.5 cm³/mol. The fraction of sp³-hybridized carbons (Fsp3) is 0.500. The van der Waals surface area contributed by atoms with E-state index in [4.69, 9.17) is 0 Å². The van der Waals surface area contributed by atoms with Crippen molar-refractivity contribution in [1.29, 1.82) is 0 Å². The van der Waals surface area contributed by atoms with Gasteiger partial charge in [0.25, 0.3) is 0 Å². The van der Waals surface area contributed by atoms with Crippen LogP contribution in [0.25, 0.3) is 0 Å². The lowest BCUT2D eigenvalue weighted by Crippen LogP contribution is -2.19. The molecule has 0 bridgehead atoms. The summed E-state index contributed by atoms with van der Waals surface area (Å²) in [5, 5.41) is 8.11. The Kier molecular flexibility index (Phi) is 5.18. The SMILES string of the molecule is Cc1ccc(Cn2cc(CNCC(C)C)c(C)n2)cc1C. The van der Waals surface area contributed by atoms with Crippen molar-refractivity contribution in [3.8, 4) is 0 Å². The summed E-state index contributed by atoms with van der Waals surface area (Å²) in [5.74, 6) is 0.677. The van der Waals surface area contributed by atoms with Gasteiger partial charge in [0.05, 0.1) is 12.2 Å². The van der Waals surface area contributed by atoms with E-state index in [1.165, 1.54) is 22.3 Å².